The van der Waals surface area contributed by atoms with Crippen molar-refractivity contribution in [3.05, 3.63) is 53.0 Å². The molecule has 1 heterocycles. The number of aryl methyl sites for hydroxylation is 1. The second-order valence-corrected chi connectivity index (χ2v) is 4.10. The molecule has 0 fully saturated rings. The van der Waals surface area contributed by atoms with Crippen LogP contribution in [0.2, 0.25) is 0 Å². The van der Waals surface area contributed by atoms with E-state index in [2.05, 4.69) is 11.7 Å². The third-order valence-corrected chi connectivity index (χ3v) is 2.97. The number of benzene rings is 1. The van der Waals surface area contributed by atoms with Gasteiger partial charge >= 0.3 is 0 Å². The van der Waals surface area contributed by atoms with Gasteiger partial charge in [0.1, 0.15) is 6.29 Å². The van der Waals surface area contributed by atoms with E-state index in [1.165, 1.54) is 4.68 Å². The smallest absolute Gasteiger partial charge is 0.274 e. The lowest BCUT2D eigenvalue weighted by Crippen LogP contribution is -2.22. The summed E-state index contributed by atoms with van der Waals surface area (Å²) in [5.74, 6) is -0.167. The zero-order valence-electron chi connectivity index (χ0n) is 10.2. The van der Waals surface area contributed by atoms with Crippen molar-refractivity contribution in [2.75, 3.05) is 0 Å². The lowest BCUT2D eigenvalue weighted by atomic mass is 9.97. The molecule has 1 atom stereocenters. The van der Waals surface area contributed by atoms with Crippen LogP contribution in [0.3, 0.4) is 0 Å². The van der Waals surface area contributed by atoms with E-state index < -0.39 is 0 Å². The fourth-order valence-electron chi connectivity index (χ4n) is 2.03. The number of allylic oxidation sites excluding steroid dienone is 1. The van der Waals surface area contributed by atoms with Crippen LogP contribution in [-0.2, 0) is 11.8 Å². The average molecular weight is 242 g/mol. The number of rotatable bonds is 4. The molecule has 0 spiro atoms. The highest BCUT2D eigenvalue weighted by molar-refractivity contribution is 5.84. The van der Waals surface area contributed by atoms with E-state index in [1.54, 1.807) is 19.2 Å². The van der Waals surface area contributed by atoms with Crippen molar-refractivity contribution < 1.29 is 4.79 Å². The van der Waals surface area contributed by atoms with Crippen LogP contribution in [0, 0.1) is 0 Å². The van der Waals surface area contributed by atoms with Crippen LogP contribution < -0.4 is 5.56 Å². The summed E-state index contributed by atoms with van der Waals surface area (Å²) in [7, 11) is 1.61. The summed E-state index contributed by atoms with van der Waals surface area (Å²) in [5.41, 5.74) is 0.582. The molecule has 0 aliphatic rings. The third-order valence-electron chi connectivity index (χ3n) is 2.97. The van der Waals surface area contributed by atoms with Crippen LogP contribution in [0.5, 0.6) is 0 Å². The quantitative estimate of drug-likeness (QED) is 0.606. The van der Waals surface area contributed by atoms with Crippen molar-refractivity contribution in [1.82, 2.24) is 9.78 Å². The normalized spacial score (nSPS) is 12.3. The second kappa shape index (κ2) is 4.96. The molecular weight excluding hydrogens is 228 g/mol. The number of nitrogens with zero attached hydrogens (tertiary/aromatic N) is 2. The number of aldehydes is 1. The van der Waals surface area contributed by atoms with Gasteiger partial charge in [-0.1, -0.05) is 24.3 Å². The monoisotopic (exact) mass is 242 g/mol. The van der Waals surface area contributed by atoms with Crippen molar-refractivity contribution >= 4 is 17.1 Å². The van der Waals surface area contributed by atoms with E-state index in [-0.39, 0.29) is 11.5 Å². The molecule has 1 aromatic heterocycles. The Hall–Kier alpha value is -2.23. The van der Waals surface area contributed by atoms with Crippen molar-refractivity contribution in [3.8, 4) is 0 Å². The summed E-state index contributed by atoms with van der Waals surface area (Å²) in [4.78, 5) is 22.6. The van der Waals surface area contributed by atoms with Gasteiger partial charge in [0.05, 0.1) is 11.1 Å². The highest BCUT2D eigenvalue weighted by atomic mass is 16.1. The largest absolute Gasteiger partial charge is 0.303 e. The molecule has 2 aromatic rings. The first kappa shape index (κ1) is 12.2. The fourth-order valence-corrected chi connectivity index (χ4v) is 2.03. The summed E-state index contributed by atoms with van der Waals surface area (Å²) < 4.78 is 1.30. The van der Waals surface area contributed by atoms with E-state index in [0.29, 0.717) is 11.8 Å². The average Bonchev–Trinajstić information content (AvgIpc) is 2.40. The molecule has 0 saturated heterocycles. The maximum Gasteiger partial charge on any atom is 0.274 e. The zero-order chi connectivity index (χ0) is 13.1. The number of fused-ring (bicyclic) bond motifs is 1. The van der Waals surface area contributed by atoms with Gasteiger partial charge in [-0.05, 0) is 6.07 Å². The molecule has 0 aliphatic carbocycles. The summed E-state index contributed by atoms with van der Waals surface area (Å²) in [6.07, 6.45) is 2.85. The highest BCUT2D eigenvalue weighted by Crippen LogP contribution is 2.24. The molecule has 0 amide bonds. The molecule has 0 N–H and O–H groups in total. The predicted octanol–water partition coefficient (Wildman–Crippen LogP) is 1.79. The molecule has 1 unspecified atom stereocenters. The van der Waals surface area contributed by atoms with Gasteiger partial charge < -0.3 is 4.79 Å². The fraction of sp³-hybridized carbons (Fsp3) is 0.214. The molecule has 1 aromatic carbocycles. The van der Waals surface area contributed by atoms with Crippen LogP contribution in [0.25, 0.3) is 10.8 Å². The summed E-state index contributed by atoms with van der Waals surface area (Å²) >= 11 is 0. The zero-order valence-corrected chi connectivity index (χ0v) is 10.2. The van der Waals surface area contributed by atoms with E-state index in [1.807, 2.05) is 18.2 Å². The van der Waals surface area contributed by atoms with Crippen molar-refractivity contribution in [2.45, 2.75) is 12.3 Å². The number of carbonyl (C=O) groups is 1. The van der Waals surface area contributed by atoms with Crippen LogP contribution in [0.15, 0.2) is 41.7 Å². The van der Waals surface area contributed by atoms with Gasteiger partial charge in [-0.2, -0.15) is 5.10 Å². The molecule has 2 rings (SSSR count). The van der Waals surface area contributed by atoms with Crippen LogP contribution in [-0.4, -0.2) is 16.1 Å². The van der Waals surface area contributed by atoms with Crippen molar-refractivity contribution in [2.24, 2.45) is 7.05 Å². The number of aromatic nitrogens is 2. The lowest BCUT2D eigenvalue weighted by Gasteiger charge is -2.12. The third kappa shape index (κ3) is 1.97. The molecule has 18 heavy (non-hydrogen) atoms. The van der Waals surface area contributed by atoms with Crippen molar-refractivity contribution in [1.29, 1.82) is 0 Å². The van der Waals surface area contributed by atoms with E-state index in [0.717, 1.165) is 17.4 Å². The first-order valence-electron chi connectivity index (χ1n) is 5.71. The van der Waals surface area contributed by atoms with Crippen LogP contribution >= 0.6 is 0 Å². The predicted molar refractivity (Wildman–Crippen MR) is 70.6 cm³/mol. The van der Waals surface area contributed by atoms with Crippen LogP contribution in [0.1, 0.15) is 18.0 Å². The molecule has 0 aliphatic heterocycles. The van der Waals surface area contributed by atoms with Gasteiger partial charge in [0, 0.05) is 24.8 Å². The first-order chi connectivity index (χ1) is 8.69. The van der Waals surface area contributed by atoms with Crippen molar-refractivity contribution in [3.63, 3.8) is 0 Å². The van der Waals surface area contributed by atoms with Gasteiger partial charge in [-0.15, -0.1) is 6.58 Å². The minimum absolute atomic E-state index is 0.136. The molecule has 4 nitrogen and oxygen atoms in total. The Balaban J connectivity index is 2.78. The molecular formula is C14H14N2O2. The maximum absolute atomic E-state index is 12.0. The Morgan fingerprint density at radius 3 is 2.67 bits per heavy atom. The molecule has 0 radical (unpaired) electrons. The van der Waals surface area contributed by atoms with Gasteiger partial charge in [0.25, 0.3) is 5.56 Å². The Morgan fingerprint density at radius 2 is 2.06 bits per heavy atom. The summed E-state index contributed by atoms with van der Waals surface area (Å²) in [6.45, 7) is 3.73. The van der Waals surface area contributed by atoms with Crippen LogP contribution in [0.4, 0.5) is 0 Å². The van der Waals surface area contributed by atoms with E-state index in [9.17, 15) is 9.59 Å². The molecule has 0 bridgehead atoms. The van der Waals surface area contributed by atoms with Gasteiger partial charge in [0.2, 0.25) is 0 Å². The highest BCUT2D eigenvalue weighted by Gasteiger charge is 2.15. The standard InChI is InChI=1S/C14H14N2O2/c1-3-10(8-9-17)13-11-6-4-5-7-12(11)14(18)16(2)15-13/h3-7,9-10H,1,8H2,2H3. The molecule has 92 valence electrons. The minimum atomic E-state index is -0.167. The SMILES string of the molecule is C=CC(CC=O)c1nn(C)c(=O)c2ccccc12. The van der Waals surface area contributed by atoms with Gasteiger partial charge in [0.15, 0.2) is 0 Å². The Labute approximate surface area is 105 Å². The Kier molecular flexibility index (Phi) is 3.37. The molecule has 4 heteroatoms. The summed E-state index contributed by atoms with van der Waals surface area (Å²) in [5, 5.41) is 5.66. The van der Waals surface area contributed by atoms with Gasteiger partial charge in [-0.3, -0.25) is 4.79 Å². The minimum Gasteiger partial charge on any atom is -0.303 e. The Morgan fingerprint density at radius 1 is 1.39 bits per heavy atom. The second-order valence-electron chi connectivity index (χ2n) is 4.10. The summed E-state index contributed by atoms with van der Waals surface area (Å²) in [6, 6.07) is 7.29. The number of hydrogen-bond donors (Lipinski definition) is 0. The molecule has 0 saturated carbocycles. The number of carbonyl (C=O) groups excluding carboxylic acids is 1. The van der Waals surface area contributed by atoms with E-state index in [4.69, 9.17) is 0 Å². The lowest BCUT2D eigenvalue weighted by molar-refractivity contribution is -0.108. The first-order valence-corrected chi connectivity index (χ1v) is 5.71. The topological polar surface area (TPSA) is 52.0 Å². The number of hydrogen-bond acceptors (Lipinski definition) is 3. The van der Waals surface area contributed by atoms with Gasteiger partial charge in [-0.25, -0.2) is 4.68 Å². The Bertz CT molecular complexity index is 658. The maximum atomic E-state index is 12.0. The van der Waals surface area contributed by atoms with E-state index >= 15 is 0 Å².